The molecule has 2 fully saturated rings. The number of hydrogen-bond acceptors (Lipinski definition) is 17. The maximum absolute atomic E-state index is 12.6. The summed E-state index contributed by atoms with van der Waals surface area (Å²) in [4.78, 5) is 25.1. The molecular formula is C47H73NO17. The van der Waals surface area contributed by atoms with E-state index >= 15 is 0 Å². The van der Waals surface area contributed by atoms with Crippen LogP contribution >= 0.6 is 0 Å². The molecule has 0 radical (unpaired) electrons. The van der Waals surface area contributed by atoms with Crippen LogP contribution < -0.4 is 5.73 Å². The summed E-state index contributed by atoms with van der Waals surface area (Å²) in [5.74, 6) is -6.83. The van der Waals surface area contributed by atoms with Gasteiger partial charge in [-0.1, -0.05) is 98.9 Å². The number of carboxylic acid groups (broad SMARTS) is 1. The van der Waals surface area contributed by atoms with E-state index in [1.54, 1.807) is 80.7 Å². The summed E-state index contributed by atoms with van der Waals surface area (Å²) in [6.45, 7) is 6.74. The number of carbonyl (C=O) groups excluding carboxylic acids is 1. The number of hydrogen-bond donors (Lipinski definition) is 12. The van der Waals surface area contributed by atoms with E-state index < -0.39 is 147 Å². The summed E-state index contributed by atoms with van der Waals surface area (Å²) >= 11 is 0. The smallest absolute Gasteiger partial charge is 0.311 e. The number of cyclic esters (lactones) is 1. The van der Waals surface area contributed by atoms with Crippen LogP contribution in [0.25, 0.3) is 0 Å². The van der Waals surface area contributed by atoms with Crippen LogP contribution in [0.2, 0.25) is 0 Å². The summed E-state index contributed by atoms with van der Waals surface area (Å²) in [6.07, 6.45) is 3.46. The van der Waals surface area contributed by atoms with E-state index in [1.165, 1.54) is 13.0 Å². The highest BCUT2D eigenvalue weighted by Gasteiger charge is 2.51. The minimum absolute atomic E-state index is 0.107. The molecule has 0 spiro atoms. The number of fused-ring (bicyclic) bond motifs is 2. The Hall–Kier alpha value is -3.44. The van der Waals surface area contributed by atoms with Crippen LogP contribution in [-0.4, -0.2) is 166 Å². The molecule has 0 aromatic rings. The average molecular weight is 924 g/mol. The number of allylic oxidation sites excluding steroid dienone is 12. The molecule has 18 heteroatoms. The fourth-order valence-electron chi connectivity index (χ4n) is 7.97. The van der Waals surface area contributed by atoms with E-state index in [0.717, 1.165) is 0 Å². The standard InChI is InChI=1S/C47H73NO17/c1-27-17-15-13-11-9-7-5-6-8-10-12-14-16-18-34(64-46-44(58)41(48)43(57)30(4)63-46)24-38-40(45(59)60)37(54)26-47(61,65-38)25-33(51)22-36(53)35(52)20-19-31(49)21-32(50)23-39(55)62-29(3)28(2)42(27)56/h5-18,27-38,40-44,46,49-54,56-58,61H,19-26,48H2,1-4H3,(H,59,60)/b6-5+,9-7+,10-8+,13-11+,14-12+,17-15+,18-16+/t27-,28-,29-,30+,31+,32+,33-,34-,35+,36+,37-,38?,40?,41-,42+,43+,44-,46?,47+/m0/s1. The Kier molecular flexibility index (Phi) is 23.6. The molecule has 19 atom stereocenters. The molecule has 0 aliphatic carbocycles. The van der Waals surface area contributed by atoms with Gasteiger partial charge in [0.05, 0.1) is 79.6 Å². The molecule has 3 heterocycles. The molecule has 2 bridgehead atoms. The molecule has 0 amide bonds. The summed E-state index contributed by atoms with van der Waals surface area (Å²) in [7, 11) is 0. The zero-order chi connectivity index (χ0) is 48.4. The van der Waals surface area contributed by atoms with Gasteiger partial charge in [0, 0.05) is 37.5 Å². The van der Waals surface area contributed by atoms with E-state index in [1.807, 2.05) is 19.1 Å². The van der Waals surface area contributed by atoms with Crippen LogP contribution in [0.1, 0.15) is 79.1 Å². The van der Waals surface area contributed by atoms with Crippen LogP contribution in [-0.2, 0) is 28.5 Å². The van der Waals surface area contributed by atoms with Crippen molar-refractivity contribution in [3.63, 3.8) is 0 Å². The number of aliphatic hydroxyl groups is 10. The molecule has 65 heavy (non-hydrogen) atoms. The molecule has 0 aromatic heterocycles. The third kappa shape index (κ3) is 18.6. The van der Waals surface area contributed by atoms with Gasteiger partial charge in [-0.05, 0) is 33.1 Å². The van der Waals surface area contributed by atoms with Crippen LogP contribution in [0.3, 0.4) is 0 Å². The molecule has 368 valence electrons. The Morgan fingerprint density at radius 1 is 0.662 bits per heavy atom. The molecule has 13 N–H and O–H groups in total. The lowest BCUT2D eigenvalue weighted by molar-refractivity contribution is -0.308. The molecule has 2 saturated heterocycles. The number of aliphatic carboxylic acids is 1. The van der Waals surface area contributed by atoms with Crippen molar-refractivity contribution in [3.8, 4) is 0 Å². The Bertz CT molecular complexity index is 1670. The largest absolute Gasteiger partial charge is 0.481 e. The molecule has 3 rings (SSSR count). The lowest BCUT2D eigenvalue weighted by atomic mass is 9.82. The molecule has 3 aliphatic rings. The van der Waals surface area contributed by atoms with Gasteiger partial charge in [-0.25, -0.2) is 0 Å². The van der Waals surface area contributed by atoms with Crippen molar-refractivity contribution in [2.75, 3.05) is 0 Å². The SMILES string of the molecule is C[C@@H]1[C@H](O)[C@@H](C)/C=C/C=C/C=C/C=C/C=C/C=C/C=C/[C@H](OC2O[C@H](C)[C@@H](O)[C@H](N)[C@@H]2O)CC2O[C@](O)(C[C@@H](O)C[C@@H](O)[C@H](O)CC[C@@H](O)C[C@@H](O)CC(=O)O[C@H]1C)C[C@H](O)C2C(=O)O. The number of aliphatic hydroxyl groups excluding tert-OH is 9. The Balaban J connectivity index is 1.86. The van der Waals surface area contributed by atoms with Gasteiger partial charge in [-0.15, -0.1) is 0 Å². The third-order valence-corrected chi connectivity index (χ3v) is 12.0. The summed E-state index contributed by atoms with van der Waals surface area (Å²) in [6, 6.07) is -1.15. The van der Waals surface area contributed by atoms with Crippen LogP contribution in [0, 0.1) is 17.8 Å². The van der Waals surface area contributed by atoms with Crippen molar-refractivity contribution in [2.45, 2.75) is 177 Å². The van der Waals surface area contributed by atoms with Crippen LogP contribution in [0.4, 0.5) is 0 Å². The van der Waals surface area contributed by atoms with E-state index in [-0.39, 0.29) is 31.6 Å². The zero-order valence-corrected chi connectivity index (χ0v) is 37.6. The highest BCUT2D eigenvalue weighted by Crippen LogP contribution is 2.38. The number of rotatable bonds is 3. The van der Waals surface area contributed by atoms with Crippen molar-refractivity contribution in [1.82, 2.24) is 0 Å². The Labute approximate surface area is 381 Å². The lowest BCUT2D eigenvalue weighted by Gasteiger charge is -2.45. The van der Waals surface area contributed by atoms with Crippen LogP contribution in [0.5, 0.6) is 0 Å². The second-order valence-corrected chi connectivity index (χ2v) is 17.6. The highest BCUT2D eigenvalue weighted by atomic mass is 16.7. The molecule has 3 unspecified atom stereocenters. The first-order valence-electron chi connectivity index (χ1n) is 22.3. The number of carboxylic acids is 1. The molecule has 0 saturated carbocycles. The van der Waals surface area contributed by atoms with Crippen molar-refractivity contribution >= 4 is 11.9 Å². The Morgan fingerprint density at radius 3 is 1.82 bits per heavy atom. The minimum atomic E-state index is -2.33. The van der Waals surface area contributed by atoms with E-state index in [4.69, 9.17) is 24.7 Å². The van der Waals surface area contributed by atoms with Crippen LogP contribution in [0.15, 0.2) is 85.1 Å². The predicted molar refractivity (Wildman–Crippen MR) is 237 cm³/mol. The quantitative estimate of drug-likeness (QED) is 0.174. The summed E-state index contributed by atoms with van der Waals surface area (Å²) in [5.41, 5.74) is 6.02. The molecule has 3 aliphatic heterocycles. The van der Waals surface area contributed by atoms with Crippen molar-refractivity contribution < 1.29 is 84.7 Å². The van der Waals surface area contributed by atoms with E-state index in [9.17, 15) is 65.8 Å². The van der Waals surface area contributed by atoms with Gasteiger partial charge < -0.3 is 80.9 Å². The number of esters is 1. The second kappa shape index (κ2) is 27.4. The average Bonchev–Trinajstić information content (AvgIpc) is 3.21. The fourth-order valence-corrected chi connectivity index (χ4v) is 7.97. The lowest BCUT2D eigenvalue weighted by Crippen LogP contribution is -2.61. The molecule has 0 aromatic carbocycles. The van der Waals surface area contributed by atoms with Gasteiger partial charge in [0.15, 0.2) is 12.1 Å². The number of nitrogens with two attached hydrogens (primary N) is 1. The van der Waals surface area contributed by atoms with E-state index in [0.29, 0.717) is 0 Å². The minimum Gasteiger partial charge on any atom is -0.481 e. The normalized spacial score (nSPS) is 45.5. The second-order valence-electron chi connectivity index (χ2n) is 17.6. The monoisotopic (exact) mass is 923 g/mol. The maximum Gasteiger partial charge on any atom is 0.311 e. The number of ether oxygens (including phenoxy) is 4. The topological polar surface area (TPSA) is 320 Å². The summed E-state index contributed by atoms with van der Waals surface area (Å²) < 4.78 is 23.1. The van der Waals surface area contributed by atoms with Gasteiger partial charge in [0.2, 0.25) is 0 Å². The highest BCUT2D eigenvalue weighted by molar-refractivity contribution is 5.71. The van der Waals surface area contributed by atoms with Gasteiger partial charge in [-0.3, -0.25) is 9.59 Å². The summed E-state index contributed by atoms with van der Waals surface area (Å²) in [5, 5.41) is 118. The Morgan fingerprint density at radius 2 is 1.23 bits per heavy atom. The zero-order valence-electron chi connectivity index (χ0n) is 37.6. The van der Waals surface area contributed by atoms with E-state index in [2.05, 4.69) is 0 Å². The predicted octanol–water partition coefficient (Wildman–Crippen LogP) is 0.712. The third-order valence-electron chi connectivity index (χ3n) is 12.0. The van der Waals surface area contributed by atoms with Gasteiger partial charge in [0.1, 0.15) is 18.1 Å². The molecular weight excluding hydrogens is 851 g/mol. The first-order valence-corrected chi connectivity index (χ1v) is 22.3. The van der Waals surface area contributed by atoms with Gasteiger partial charge >= 0.3 is 11.9 Å². The molecule has 18 nitrogen and oxygen atoms in total. The van der Waals surface area contributed by atoms with Crippen molar-refractivity contribution in [2.24, 2.45) is 23.5 Å². The van der Waals surface area contributed by atoms with Gasteiger partial charge in [-0.2, -0.15) is 0 Å². The first kappa shape index (κ1) is 55.9. The van der Waals surface area contributed by atoms with Crippen molar-refractivity contribution in [3.05, 3.63) is 85.1 Å². The first-order chi connectivity index (χ1) is 30.6. The number of carbonyl (C=O) groups is 2. The van der Waals surface area contributed by atoms with Crippen molar-refractivity contribution in [1.29, 1.82) is 0 Å². The maximum atomic E-state index is 12.6. The van der Waals surface area contributed by atoms with Gasteiger partial charge in [0.25, 0.3) is 0 Å². The fraction of sp³-hybridized carbons (Fsp3) is 0.660.